The highest BCUT2D eigenvalue weighted by Crippen LogP contribution is 2.82. The first kappa shape index (κ1) is 27.8. The summed E-state index contributed by atoms with van der Waals surface area (Å²) in [4.78, 5) is 67.2. The summed E-state index contributed by atoms with van der Waals surface area (Å²) in [5.41, 5.74) is 1.52. The highest BCUT2D eigenvalue weighted by atomic mass is 35.5. The smallest absolute Gasteiger partial charge is 0.264 e. The first-order valence-electron chi connectivity index (χ1n) is 15.7. The second-order valence-corrected chi connectivity index (χ2v) is 14.0. The van der Waals surface area contributed by atoms with Gasteiger partial charge in [0.2, 0.25) is 17.7 Å². The largest absolute Gasteiger partial charge is 0.380 e. The van der Waals surface area contributed by atoms with Gasteiger partial charge in [0.15, 0.2) is 5.15 Å². The Kier molecular flexibility index (Phi) is 6.08. The lowest BCUT2D eigenvalue weighted by molar-refractivity contribution is -0.335. The summed E-state index contributed by atoms with van der Waals surface area (Å²) >= 11 is 6.55. The van der Waals surface area contributed by atoms with E-state index in [-0.39, 0.29) is 42.0 Å². The number of nitrogens with one attached hydrogen (secondary N) is 2. The maximum absolute atomic E-state index is 13.6. The van der Waals surface area contributed by atoms with Gasteiger partial charge in [-0.25, -0.2) is 0 Å². The molecule has 4 heterocycles. The summed E-state index contributed by atoms with van der Waals surface area (Å²) in [6, 6.07) is 4.06. The van der Waals surface area contributed by atoms with Crippen molar-refractivity contribution in [3.05, 3.63) is 46.2 Å². The zero-order chi connectivity index (χ0) is 30.7. The molecule has 0 spiro atoms. The molecule has 1 aromatic heterocycles. The number of fused-ring (bicyclic) bond motifs is 1. The monoisotopic (exact) mass is 618 g/mol. The van der Waals surface area contributed by atoms with Crippen molar-refractivity contribution in [1.29, 1.82) is 0 Å². The molecule has 12 heteroatoms. The molecule has 2 N–H and O–H groups in total. The van der Waals surface area contributed by atoms with Crippen molar-refractivity contribution in [2.45, 2.75) is 64.6 Å². The molecule has 1 aromatic carbocycles. The van der Waals surface area contributed by atoms with Gasteiger partial charge in [-0.3, -0.25) is 38.9 Å². The molecule has 11 nitrogen and oxygen atoms in total. The number of hydrogen-bond acceptors (Lipinski definition) is 7. The van der Waals surface area contributed by atoms with Gasteiger partial charge in [-0.2, -0.15) is 5.10 Å². The number of carbonyl (C=O) groups excluding carboxylic acids is 5. The average molecular weight is 619 g/mol. The van der Waals surface area contributed by atoms with Crippen molar-refractivity contribution < 1.29 is 24.0 Å². The average Bonchev–Trinajstić information content (AvgIpc) is 3.50. The van der Waals surface area contributed by atoms with Gasteiger partial charge < -0.3 is 10.2 Å². The summed E-state index contributed by atoms with van der Waals surface area (Å²) in [5.74, 6) is 1.60. The van der Waals surface area contributed by atoms with Crippen molar-refractivity contribution in [3.63, 3.8) is 0 Å². The lowest BCUT2D eigenvalue weighted by Crippen LogP contribution is -2.81. The molecular formula is C32H35ClN6O5. The minimum Gasteiger partial charge on any atom is -0.380 e. The third-order valence-electron chi connectivity index (χ3n) is 11.9. The number of nitrogens with zero attached hydrogens (tertiary/aromatic N) is 4. The molecule has 230 valence electrons. The summed E-state index contributed by atoms with van der Waals surface area (Å²) in [5, 5.41) is 10.4. The second-order valence-electron chi connectivity index (χ2n) is 13.6. The number of rotatable bonds is 6. The van der Waals surface area contributed by atoms with Crippen LogP contribution in [0.1, 0.15) is 78.3 Å². The zero-order valence-electron chi connectivity index (χ0n) is 24.7. The SMILES string of the molecule is CC1C2CC3(C(=O)N4CCC(n5cc(CNc6cccc7c6C(=O)N(C6CCC(=O)NC6=O)C7=O)c(Cl)n5)CC4)C(C)C1C23. The molecule has 3 aliphatic carbocycles. The number of piperidine rings is 2. The molecule has 5 amide bonds. The molecule has 44 heavy (non-hydrogen) atoms. The molecule has 5 fully saturated rings. The van der Waals surface area contributed by atoms with E-state index in [1.54, 1.807) is 18.2 Å². The number of hydrogen-bond donors (Lipinski definition) is 2. The van der Waals surface area contributed by atoms with E-state index < -0.39 is 29.7 Å². The highest BCUT2D eigenvalue weighted by molar-refractivity contribution is 6.30. The molecule has 3 aliphatic heterocycles. The van der Waals surface area contributed by atoms with Gasteiger partial charge in [-0.1, -0.05) is 31.5 Å². The molecule has 0 radical (unpaired) electrons. The Morgan fingerprint density at radius 2 is 1.89 bits per heavy atom. The summed E-state index contributed by atoms with van der Waals surface area (Å²) in [6.45, 7) is 6.35. The molecule has 3 saturated carbocycles. The molecule has 8 rings (SSSR count). The number of halogens is 1. The predicted octanol–water partition coefficient (Wildman–Crippen LogP) is 3.25. The fraction of sp³-hybridized carbons (Fsp3) is 0.562. The number of benzene rings is 1. The van der Waals surface area contributed by atoms with Crippen LogP contribution in [0.15, 0.2) is 24.4 Å². The zero-order valence-corrected chi connectivity index (χ0v) is 25.5. The molecule has 6 aliphatic rings. The predicted molar refractivity (Wildman–Crippen MR) is 158 cm³/mol. The number of anilines is 1. The fourth-order valence-corrected chi connectivity index (χ4v) is 9.79. The first-order chi connectivity index (χ1) is 21.1. The Bertz CT molecular complexity index is 1640. The molecule has 7 unspecified atom stereocenters. The summed E-state index contributed by atoms with van der Waals surface area (Å²) in [7, 11) is 0. The van der Waals surface area contributed by atoms with E-state index in [0.29, 0.717) is 28.6 Å². The number of likely N-dealkylation sites (tertiary alicyclic amines) is 1. The van der Waals surface area contributed by atoms with E-state index in [1.807, 2.05) is 10.9 Å². The Balaban J connectivity index is 0.916. The Morgan fingerprint density at radius 3 is 2.59 bits per heavy atom. The summed E-state index contributed by atoms with van der Waals surface area (Å²) in [6.07, 6.45) is 4.77. The van der Waals surface area contributed by atoms with Crippen LogP contribution in [0.3, 0.4) is 0 Å². The van der Waals surface area contributed by atoms with Crippen molar-refractivity contribution in [2.24, 2.45) is 35.0 Å². The number of carbonyl (C=O) groups is 5. The minimum absolute atomic E-state index is 0.0629. The van der Waals surface area contributed by atoms with Crippen LogP contribution in [0.4, 0.5) is 5.69 Å². The Morgan fingerprint density at radius 1 is 1.11 bits per heavy atom. The Hall–Kier alpha value is -3.73. The van der Waals surface area contributed by atoms with E-state index >= 15 is 0 Å². The maximum atomic E-state index is 13.6. The van der Waals surface area contributed by atoms with E-state index in [9.17, 15) is 24.0 Å². The number of amides is 5. The van der Waals surface area contributed by atoms with E-state index in [2.05, 4.69) is 34.5 Å². The van der Waals surface area contributed by atoms with Crippen LogP contribution < -0.4 is 10.6 Å². The van der Waals surface area contributed by atoms with Crippen molar-refractivity contribution in [1.82, 2.24) is 24.9 Å². The topological polar surface area (TPSA) is 134 Å². The van der Waals surface area contributed by atoms with Gasteiger partial charge >= 0.3 is 0 Å². The van der Waals surface area contributed by atoms with Gasteiger partial charge in [-0.15, -0.1) is 0 Å². The third-order valence-corrected chi connectivity index (χ3v) is 12.3. The quantitative estimate of drug-likeness (QED) is 0.475. The molecule has 2 saturated heterocycles. The van der Waals surface area contributed by atoms with Gasteiger partial charge in [0, 0.05) is 43.5 Å². The number of imide groups is 2. The lowest BCUT2D eigenvalue weighted by atomic mass is 9.22. The maximum Gasteiger partial charge on any atom is 0.264 e. The lowest BCUT2D eigenvalue weighted by Gasteiger charge is -2.81. The first-order valence-corrected chi connectivity index (χ1v) is 16.1. The van der Waals surface area contributed by atoms with Crippen molar-refractivity contribution >= 4 is 46.8 Å². The van der Waals surface area contributed by atoms with E-state index in [4.69, 9.17) is 11.6 Å². The van der Waals surface area contributed by atoms with Crippen LogP contribution in [0.2, 0.25) is 5.15 Å². The molecular weight excluding hydrogens is 584 g/mol. The Labute approximate surface area is 259 Å². The standard InChI is InChI=1S/C32H35ClN6O5/c1-15-20-12-32(16(2)24(15)26(20)32)31(44)37-10-8-18(9-11-37)38-14-17(27(33)36-38)13-34-21-5-3-4-19-25(21)30(43)39(29(19)42)22-6-7-23(40)35-28(22)41/h3-5,14-16,18,20,22,24,26,34H,6-13H2,1-2H3,(H,35,40,41). The number of aromatic nitrogens is 2. The third kappa shape index (κ3) is 3.61. The van der Waals surface area contributed by atoms with Gasteiger partial charge in [0.25, 0.3) is 11.8 Å². The van der Waals surface area contributed by atoms with Gasteiger partial charge in [-0.05, 0) is 67.4 Å². The van der Waals surface area contributed by atoms with E-state index in [0.717, 1.165) is 60.6 Å². The molecule has 0 bridgehead atoms. The van der Waals surface area contributed by atoms with Crippen LogP contribution in [0, 0.1) is 35.0 Å². The van der Waals surface area contributed by atoms with Crippen LogP contribution in [0.5, 0.6) is 0 Å². The van der Waals surface area contributed by atoms with Crippen molar-refractivity contribution in [3.8, 4) is 0 Å². The van der Waals surface area contributed by atoms with Crippen LogP contribution in [0.25, 0.3) is 0 Å². The second kappa shape index (κ2) is 9.63. The van der Waals surface area contributed by atoms with Crippen LogP contribution >= 0.6 is 11.6 Å². The minimum atomic E-state index is -1.02. The molecule has 7 atom stereocenters. The van der Waals surface area contributed by atoms with Crippen molar-refractivity contribution in [2.75, 3.05) is 18.4 Å². The van der Waals surface area contributed by atoms with Gasteiger partial charge in [0.1, 0.15) is 6.04 Å². The summed E-state index contributed by atoms with van der Waals surface area (Å²) < 4.78 is 1.89. The molecule has 2 aromatic rings. The van der Waals surface area contributed by atoms with E-state index in [1.165, 1.54) is 0 Å². The normalized spacial score (nSPS) is 34.1. The van der Waals surface area contributed by atoms with Gasteiger partial charge in [0.05, 0.1) is 22.6 Å². The van der Waals surface area contributed by atoms with Crippen LogP contribution in [-0.2, 0) is 20.9 Å². The van der Waals surface area contributed by atoms with Crippen LogP contribution in [-0.4, -0.2) is 68.2 Å². The highest BCUT2D eigenvalue weighted by Gasteiger charge is 2.81. The fourth-order valence-electron chi connectivity index (χ4n) is 9.58.